The van der Waals surface area contributed by atoms with Crippen LogP contribution in [-0.4, -0.2) is 0 Å². The van der Waals surface area contributed by atoms with Crippen LogP contribution < -0.4 is 43.7 Å². The maximum absolute atomic E-state index is 0. The summed E-state index contributed by atoms with van der Waals surface area (Å²) in [6.07, 6.45) is 0. The van der Waals surface area contributed by atoms with Crippen LogP contribution >= 0.6 is 0 Å². The summed E-state index contributed by atoms with van der Waals surface area (Å²) in [7, 11) is 0. The zero-order chi connectivity index (χ0) is 0. The molecule has 0 aliphatic heterocycles. The second-order valence-corrected chi connectivity index (χ2v) is 0. The third kappa shape index (κ3) is 8.82. The topological polar surface area (TPSA) is 0 Å². The fourth-order valence-electron chi connectivity index (χ4n) is 0. The van der Waals surface area contributed by atoms with Gasteiger partial charge in [0.1, 0.15) is 0 Å². The molecule has 0 aromatic heterocycles. The van der Waals surface area contributed by atoms with Gasteiger partial charge in [0.2, 0.25) is 0 Å². The van der Waals surface area contributed by atoms with E-state index in [1.54, 1.807) is 0 Å². The van der Waals surface area contributed by atoms with Gasteiger partial charge in [-0.3, -0.25) is 0 Å². The molecule has 0 aliphatic rings. The van der Waals surface area contributed by atoms with E-state index in [9.17, 15) is 0 Å². The molecule has 0 aromatic rings. The molecule has 1 radical (unpaired) electrons. The molecular formula is CeCl2Li+2. The van der Waals surface area contributed by atoms with Gasteiger partial charge in [-0.15, -0.1) is 0 Å². The van der Waals surface area contributed by atoms with E-state index < -0.39 is 0 Å². The van der Waals surface area contributed by atoms with Gasteiger partial charge in [0.05, 0.1) is 0 Å². The number of hydrogen-bond acceptors (Lipinski definition) is 0. The fraction of sp³-hybridized carbons (Fsp3) is 0. The summed E-state index contributed by atoms with van der Waals surface area (Å²) in [5.41, 5.74) is 0. The van der Waals surface area contributed by atoms with E-state index in [2.05, 4.69) is 0 Å². The molecule has 0 fully saturated rings. The Labute approximate surface area is 83.9 Å². The Kier molecular flexibility index (Phi) is 137. The zero-order valence-electron chi connectivity index (χ0n) is 2.26. The molecule has 0 N–H and O–H groups in total. The Morgan fingerprint density at radius 2 is 0.750 bits per heavy atom. The molecule has 0 amide bonds. The van der Waals surface area contributed by atoms with Crippen molar-refractivity contribution in [1.82, 2.24) is 0 Å². The summed E-state index contributed by atoms with van der Waals surface area (Å²) in [6.45, 7) is 0. The van der Waals surface area contributed by atoms with E-state index in [-0.39, 0.29) is 85.4 Å². The SMILES string of the molecule is [Ce+3].[Cl-].[Cl-].[Li+]. The molecule has 0 atom stereocenters. The molecule has 0 nitrogen and oxygen atoms in total. The Morgan fingerprint density at radius 3 is 0.750 bits per heavy atom. The first-order valence-electron chi connectivity index (χ1n) is 0. The van der Waals surface area contributed by atoms with Crippen molar-refractivity contribution in [1.29, 1.82) is 0 Å². The van der Waals surface area contributed by atoms with Crippen LogP contribution in [0, 0.1) is 41.7 Å². The van der Waals surface area contributed by atoms with Gasteiger partial charge >= 0.3 is 60.6 Å². The minimum absolute atomic E-state index is 0. The van der Waals surface area contributed by atoms with Crippen LogP contribution in [0.25, 0.3) is 0 Å². The molecule has 0 aromatic carbocycles. The maximum atomic E-state index is 0. The van der Waals surface area contributed by atoms with Crippen LogP contribution in [0.2, 0.25) is 0 Å². The normalized spacial score (nSPS) is 0. The molecule has 0 unspecified atom stereocenters. The molecule has 17 valence electrons. The van der Waals surface area contributed by atoms with Gasteiger partial charge in [-0.25, -0.2) is 0 Å². The number of rotatable bonds is 0. The molecule has 0 bridgehead atoms. The fourth-order valence-corrected chi connectivity index (χ4v) is 0. The van der Waals surface area contributed by atoms with Crippen molar-refractivity contribution in [2.45, 2.75) is 0 Å². The van der Waals surface area contributed by atoms with Gasteiger partial charge in [-0.1, -0.05) is 0 Å². The van der Waals surface area contributed by atoms with E-state index >= 15 is 0 Å². The van der Waals surface area contributed by atoms with Crippen molar-refractivity contribution in [3.8, 4) is 0 Å². The predicted octanol–water partition coefficient (Wildman–Crippen LogP) is -8.99. The van der Waals surface area contributed by atoms with Gasteiger partial charge in [-0.2, -0.15) is 0 Å². The molecule has 0 saturated heterocycles. The molecule has 0 spiro atoms. The van der Waals surface area contributed by atoms with Gasteiger partial charge in [0.15, 0.2) is 0 Å². The minimum Gasteiger partial charge on any atom is -1.00 e. The first-order chi connectivity index (χ1) is 0. The second-order valence-electron chi connectivity index (χ2n) is 0. The van der Waals surface area contributed by atoms with Crippen LogP contribution in [0.5, 0.6) is 0 Å². The Hall–Kier alpha value is 2.55. The van der Waals surface area contributed by atoms with Gasteiger partial charge in [0.25, 0.3) is 0 Å². The molecule has 0 heterocycles. The van der Waals surface area contributed by atoms with Crippen molar-refractivity contribution >= 4 is 0 Å². The molecule has 0 aliphatic carbocycles. The minimum atomic E-state index is 0. The summed E-state index contributed by atoms with van der Waals surface area (Å²) >= 11 is 0. The molecular weight excluding hydrogens is 218 g/mol. The van der Waals surface area contributed by atoms with Gasteiger partial charge < -0.3 is 24.8 Å². The average molecular weight is 218 g/mol. The standard InChI is InChI=1S/Ce.2ClH.Li/h;2*1H;/q+3;;;+1/p-2. The summed E-state index contributed by atoms with van der Waals surface area (Å²) in [5, 5.41) is 0. The Morgan fingerprint density at radius 1 is 0.750 bits per heavy atom. The monoisotopic (exact) mass is 217 g/mol. The third-order valence-electron chi connectivity index (χ3n) is 0. The van der Waals surface area contributed by atoms with E-state index in [0.29, 0.717) is 0 Å². The predicted molar refractivity (Wildman–Crippen MR) is 0 cm³/mol. The summed E-state index contributed by atoms with van der Waals surface area (Å²) < 4.78 is 0. The number of hydrogen-bond donors (Lipinski definition) is 0. The summed E-state index contributed by atoms with van der Waals surface area (Å²) in [5.74, 6) is 0. The summed E-state index contributed by atoms with van der Waals surface area (Å²) in [6, 6.07) is 0. The van der Waals surface area contributed by atoms with Gasteiger partial charge in [0, 0.05) is 0 Å². The van der Waals surface area contributed by atoms with E-state index in [1.165, 1.54) is 0 Å². The van der Waals surface area contributed by atoms with Crippen molar-refractivity contribution in [3.05, 3.63) is 0 Å². The van der Waals surface area contributed by atoms with Crippen LogP contribution in [0.1, 0.15) is 0 Å². The van der Waals surface area contributed by atoms with E-state index in [1.807, 2.05) is 0 Å². The smallest absolute Gasteiger partial charge is 1.00 e. The van der Waals surface area contributed by atoms with Crippen molar-refractivity contribution in [3.63, 3.8) is 0 Å². The zero-order valence-corrected chi connectivity index (χ0v) is 6.91. The van der Waals surface area contributed by atoms with E-state index in [4.69, 9.17) is 0 Å². The van der Waals surface area contributed by atoms with Crippen LogP contribution in [-0.2, 0) is 0 Å². The summed E-state index contributed by atoms with van der Waals surface area (Å²) in [4.78, 5) is 0. The van der Waals surface area contributed by atoms with Crippen LogP contribution in [0.3, 0.4) is 0 Å². The largest absolute Gasteiger partial charge is 3.00 e. The van der Waals surface area contributed by atoms with Crippen LogP contribution in [0.15, 0.2) is 0 Å². The molecule has 4 heavy (non-hydrogen) atoms. The third-order valence-corrected chi connectivity index (χ3v) is 0. The van der Waals surface area contributed by atoms with Crippen molar-refractivity contribution in [2.75, 3.05) is 0 Å². The average Bonchev–Trinajstić information content (AvgIpc) is 0. The van der Waals surface area contributed by atoms with Gasteiger partial charge in [-0.05, 0) is 0 Å². The Balaban J connectivity index is 0. The molecule has 0 saturated carbocycles. The maximum Gasteiger partial charge on any atom is 3.00 e. The molecule has 4 heteroatoms. The first-order valence-corrected chi connectivity index (χ1v) is 0. The molecule has 0 rings (SSSR count). The Bertz CT molecular complexity index is 6.00. The first kappa shape index (κ1) is 31.0. The van der Waals surface area contributed by atoms with Crippen LogP contribution in [0.4, 0.5) is 0 Å². The second kappa shape index (κ2) is 17.7. The van der Waals surface area contributed by atoms with Crippen molar-refractivity contribution in [2.24, 2.45) is 0 Å². The van der Waals surface area contributed by atoms with E-state index in [0.717, 1.165) is 0 Å². The quantitative estimate of drug-likeness (QED) is 0.354. The number of halogens is 2. The van der Waals surface area contributed by atoms with Crippen molar-refractivity contribution < 1.29 is 85.4 Å².